The van der Waals surface area contributed by atoms with E-state index in [2.05, 4.69) is 18.3 Å². The Hall–Kier alpha value is -0.550. The molecule has 0 amide bonds. The van der Waals surface area contributed by atoms with Crippen LogP contribution in [0.25, 0.3) is 0 Å². The van der Waals surface area contributed by atoms with E-state index in [4.69, 9.17) is 5.26 Å². The van der Waals surface area contributed by atoms with E-state index in [1.54, 1.807) is 0 Å². The zero-order chi connectivity index (χ0) is 6.48. The lowest BCUT2D eigenvalue weighted by Gasteiger charge is -2.03. The Morgan fingerprint density at radius 1 is 1.56 bits per heavy atom. The quantitative estimate of drug-likeness (QED) is 0.503. The van der Waals surface area contributed by atoms with Crippen molar-refractivity contribution in [3.63, 3.8) is 0 Å². The van der Waals surface area contributed by atoms with Crippen molar-refractivity contribution >= 4 is 0 Å². The molecule has 2 atom stereocenters. The maximum Gasteiger partial charge on any atom is 0.0693 e. The normalized spacial score (nSPS) is 54.2. The Bertz CT molecular complexity index is 170. The van der Waals surface area contributed by atoms with Crippen LogP contribution in [-0.2, 0) is 0 Å². The molecular weight excluding hydrogens is 112 g/mol. The average molecular weight is 122 g/mol. The lowest BCUT2D eigenvalue weighted by atomic mass is 10.1. The van der Waals surface area contributed by atoms with Gasteiger partial charge in [-0.05, 0) is 31.8 Å². The molecule has 1 aliphatic carbocycles. The van der Waals surface area contributed by atoms with Gasteiger partial charge in [0.1, 0.15) is 0 Å². The minimum atomic E-state index is 0.0469. The molecule has 0 spiro atoms. The predicted molar refractivity (Wildman–Crippen MR) is 33.6 cm³/mol. The lowest BCUT2D eigenvalue weighted by Crippen LogP contribution is -2.18. The van der Waals surface area contributed by atoms with Gasteiger partial charge in [0.2, 0.25) is 0 Å². The number of nitriles is 1. The van der Waals surface area contributed by atoms with Gasteiger partial charge in [0.25, 0.3) is 0 Å². The summed E-state index contributed by atoms with van der Waals surface area (Å²) < 4.78 is 0. The van der Waals surface area contributed by atoms with Crippen molar-refractivity contribution in [1.29, 1.82) is 5.26 Å². The van der Waals surface area contributed by atoms with Crippen molar-refractivity contribution in [2.24, 2.45) is 17.3 Å². The van der Waals surface area contributed by atoms with E-state index < -0.39 is 0 Å². The molecule has 0 bridgehead atoms. The molecule has 1 saturated heterocycles. The van der Waals surface area contributed by atoms with Gasteiger partial charge in [-0.25, -0.2) is 0 Å². The van der Waals surface area contributed by atoms with Gasteiger partial charge in [0.15, 0.2) is 0 Å². The Labute approximate surface area is 54.9 Å². The van der Waals surface area contributed by atoms with Crippen LogP contribution in [0, 0.1) is 28.6 Å². The molecule has 2 rings (SSSR count). The zero-order valence-corrected chi connectivity index (χ0v) is 5.52. The van der Waals surface area contributed by atoms with Crippen molar-refractivity contribution < 1.29 is 0 Å². The van der Waals surface area contributed by atoms with Crippen molar-refractivity contribution in [2.75, 3.05) is 13.1 Å². The topological polar surface area (TPSA) is 35.8 Å². The average Bonchev–Trinajstić information content (AvgIpc) is 2.39. The number of nitrogens with one attached hydrogen (secondary N) is 1. The molecule has 1 N–H and O–H groups in total. The molecule has 0 radical (unpaired) electrons. The molecule has 2 fully saturated rings. The van der Waals surface area contributed by atoms with Gasteiger partial charge in [-0.15, -0.1) is 0 Å². The van der Waals surface area contributed by atoms with Crippen LogP contribution in [0.3, 0.4) is 0 Å². The van der Waals surface area contributed by atoms with Crippen LogP contribution in [-0.4, -0.2) is 13.1 Å². The summed E-state index contributed by atoms with van der Waals surface area (Å²) in [5.41, 5.74) is 0.0469. The van der Waals surface area contributed by atoms with Gasteiger partial charge in [0.05, 0.1) is 11.5 Å². The Morgan fingerprint density at radius 3 is 2.44 bits per heavy atom. The first kappa shape index (κ1) is 5.25. The van der Waals surface area contributed by atoms with Crippen LogP contribution in [0.1, 0.15) is 6.92 Å². The minimum Gasteiger partial charge on any atom is -0.316 e. The van der Waals surface area contributed by atoms with E-state index in [1.165, 1.54) is 0 Å². The highest BCUT2D eigenvalue weighted by molar-refractivity contribution is 5.23. The molecule has 0 aromatic heterocycles. The Balaban J connectivity index is 2.18. The highest BCUT2D eigenvalue weighted by Crippen LogP contribution is 2.59. The Kier molecular flexibility index (Phi) is 0.758. The zero-order valence-electron chi connectivity index (χ0n) is 5.52. The fraction of sp³-hybridized carbons (Fsp3) is 0.857. The summed E-state index contributed by atoms with van der Waals surface area (Å²) in [6, 6.07) is 2.38. The first-order valence-corrected chi connectivity index (χ1v) is 3.41. The van der Waals surface area contributed by atoms with Crippen LogP contribution in [0.2, 0.25) is 0 Å². The van der Waals surface area contributed by atoms with Gasteiger partial charge in [0, 0.05) is 0 Å². The van der Waals surface area contributed by atoms with Crippen molar-refractivity contribution in [3.8, 4) is 6.07 Å². The number of piperidine rings is 1. The van der Waals surface area contributed by atoms with Gasteiger partial charge in [-0.3, -0.25) is 0 Å². The fourth-order valence-corrected chi connectivity index (χ4v) is 1.97. The van der Waals surface area contributed by atoms with Gasteiger partial charge in [-0.1, -0.05) is 0 Å². The molecule has 2 unspecified atom stereocenters. The second-order valence-electron chi connectivity index (χ2n) is 3.27. The summed E-state index contributed by atoms with van der Waals surface area (Å²) in [5.74, 6) is 1.34. The van der Waals surface area contributed by atoms with E-state index in [9.17, 15) is 0 Å². The fourth-order valence-electron chi connectivity index (χ4n) is 1.97. The van der Waals surface area contributed by atoms with E-state index >= 15 is 0 Å². The maximum atomic E-state index is 8.69. The van der Waals surface area contributed by atoms with Gasteiger partial charge in [-0.2, -0.15) is 5.26 Å². The summed E-state index contributed by atoms with van der Waals surface area (Å²) in [7, 11) is 0. The largest absolute Gasteiger partial charge is 0.316 e. The van der Waals surface area contributed by atoms with Crippen LogP contribution in [0.5, 0.6) is 0 Å². The van der Waals surface area contributed by atoms with Crippen molar-refractivity contribution in [1.82, 2.24) is 5.32 Å². The highest BCUT2D eigenvalue weighted by atomic mass is 15.0. The van der Waals surface area contributed by atoms with Crippen molar-refractivity contribution in [3.05, 3.63) is 0 Å². The van der Waals surface area contributed by atoms with Crippen LogP contribution < -0.4 is 5.32 Å². The molecule has 9 heavy (non-hydrogen) atoms. The molecule has 48 valence electrons. The molecule has 1 saturated carbocycles. The monoisotopic (exact) mass is 122 g/mol. The number of nitrogens with zero attached hydrogens (tertiary/aromatic N) is 1. The third kappa shape index (κ3) is 0.439. The number of rotatable bonds is 0. The second-order valence-corrected chi connectivity index (χ2v) is 3.27. The van der Waals surface area contributed by atoms with E-state index in [1.807, 2.05) is 0 Å². The first-order chi connectivity index (χ1) is 4.29. The number of fused-ring (bicyclic) bond motifs is 1. The molecule has 1 aliphatic heterocycles. The molecule has 0 aromatic carbocycles. The molecular formula is C7H10N2. The predicted octanol–water partition coefficient (Wildman–Crippen LogP) is 0.365. The summed E-state index contributed by atoms with van der Waals surface area (Å²) in [4.78, 5) is 0. The molecule has 1 heterocycles. The van der Waals surface area contributed by atoms with Crippen molar-refractivity contribution in [2.45, 2.75) is 6.92 Å². The second kappa shape index (κ2) is 1.30. The third-order valence-corrected chi connectivity index (χ3v) is 2.89. The van der Waals surface area contributed by atoms with Crippen LogP contribution >= 0.6 is 0 Å². The van der Waals surface area contributed by atoms with E-state index in [-0.39, 0.29) is 5.41 Å². The maximum absolute atomic E-state index is 8.69. The summed E-state index contributed by atoms with van der Waals surface area (Å²) in [5, 5.41) is 12.0. The summed E-state index contributed by atoms with van der Waals surface area (Å²) in [6.07, 6.45) is 0. The summed E-state index contributed by atoms with van der Waals surface area (Å²) in [6.45, 7) is 4.20. The van der Waals surface area contributed by atoms with Gasteiger partial charge >= 0.3 is 0 Å². The standard InChI is InChI=1S/C7H10N2/c1-7(4-8)5-2-9-3-6(5)7/h5-6,9H,2-3H2,1H3. The number of hydrogen-bond acceptors (Lipinski definition) is 2. The molecule has 2 nitrogen and oxygen atoms in total. The van der Waals surface area contributed by atoms with Crippen LogP contribution in [0.15, 0.2) is 0 Å². The SMILES string of the molecule is CC1(C#N)C2CNCC21. The first-order valence-electron chi connectivity index (χ1n) is 3.41. The molecule has 0 aromatic rings. The van der Waals surface area contributed by atoms with Crippen LogP contribution in [0.4, 0.5) is 0 Å². The van der Waals surface area contributed by atoms with E-state index in [0.717, 1.165) is 13.1 Å². The number of hydrogen-bond donors (Lipinski definition) is 1. The highest BCUT2D eigenvalue weighted by Gasteiger charge is 2.63. The molecule has 2 aliphatic rings. The smallest absolute Gasteiger partial charge is 0.0693 e. The van der Waals surface area contributed by atoms with E-state index in [0.29, 0.717) is 11.8 Å². The van der Waals surface area contributed by atoms with Gasteiger partial charge < -0.3 is 5.32 Å². The third-order valence-electron chi connectivity index (χ3n) is 2.89. The summed E-state index contributed by atoms with van der Waals surface area (Å²) >= 11 is 0. The Morgan fingerprint density at radius 2 is 2.11 bits per heavy atom. The molecule has 2 heteroatoms. The minimum absolute atomic E-state index is 0.0469. The lowest BCUT2D eigenvalue weighted by molar-refractivity contribution is 0.539.